The van der Waals surface area contributed by atoms with Crippen molar-refractivity contribution in [2.45, 2.75) is 97.1 Å². The number of carbonyl (C=O) groups is 2. The quantitative estimate of drug-likeness (QED) is 0.0925. The molecule has 1 amide bonds. The van der Waals surface area contributed by atoms with Crippen LogP contribution in [0.25, 0.3) is 11.1 Å². The van der Waals surface area contributed by atoms with Gasteiger partial charge in [0.2, 0.25) is 0 Å². The molecule has 0 spiro atoms. The second-order valence-electron chi connectivity index (χ2n) is 14.5. The lowest BCUT2D eigenvalue weighted by molar-refractivity contribution is 0.0986. The summed E-state index contributed by atoms with van der Waals surface area (Å²) in [4.78, 5) is 36.3. The average Bonchev–Trinajstić information content (AvgIpc) is 4.06. The normalized spacial score (nSPS) is 15.5. The number of hydrogen-bond donors (Lipinski definition) is 4. The Balaban J connectivity index is 1.18. The highest BCUT2D eigenvalue weighted by Gasteiger charge is 2.29. The summed E-state index contributed by atoms with van der Waals surface area (Å²) in [6.07, 6.45) is 10.2. The Morgan fingerprint density at radius 3 is 2.10 bits per heavy atom. The number of pyridine rings is 2. The first-order valence-corrected chi connectivity index (χ1v) is 18.1. The predicted octanol–water partition coefficient (Wildman–Crippen LogP) is 7.22. The van der Waals surface area contributed by atoms with Gasteiger partial charge in [-0.2, -0.15) is 0 Å². The van der Waals surface area contributed by atoms with Crippen LogP contribution in [0.4, 0.5) is 5.69 Å². The molecule has 6 rings (SSSR count). The standard InChI is InChI=1S/C42H50N4O4/c1-25(23-47)11-12-32-20-45-40(19-36(32)29-13-14-29)42(50)46-38-10-6-9-35(28(38)4)34-8-5-7-31(27(34)3)17-41(49)39-18-37(30-15-16-30)33(22-44-39)21-43-26(2)24-48/h5-10,18-20,22,25-26,29-30,43,47-48H,11-17,21,23-24H2,1-4H3,(H,46,50)/t25-,26+/m0/s1. The molecule has 2 atom stereocenters. The van der Waals surface area contributed by atoms with Crippen LogP contribution in [0.5, 0.6) is 0 Å². The number of anilines is 1. The molecule has 262 valence electrons. The molecule has 2 fully saturated rings. The highest BCUT2D eigenvalue weighted by atomic mass is 16.3. The summed E-state index contributed by atoms with van der Waals surface area (Å²) in [5, 5.41) is 25.3. The lowest BCUT2D eigenvalue weighted by Crippen LogP contribution is -2.29. The fraction of sp³-hybridized carbons (Fsp3) is 0.429. The van der Waals surface area contributed by atoms with E-state index in [0.717, 1.165) is 77.6 Å². The van der Waals surface area contributed by atoms with E-state index in [0.29, 0.717) is 29.8 Å². The van der Waals surface area contributed by atoms with Crippen molar-refractivity contribution in [2.24, 2.45) is 5.92 Å². The maximum absolute atomic E-state index is 13.6. The van der Waals surface area contributed by atoms with Gasteiger partial charge in [-0.1, -0.05) is 37.3 Å². The van der Waals surface area contributed by atoms with E-state index in [-0.39, 0.29) is 43.3 Å². The Morgan fingerprint density at radius 2 is 1.42 bits per heavy atom. The first-order chi connectivity index (χ1) is 24.2. The second kappa shape index (κ2) is 15.8. The summed E-state index contributed by atoms with van der Waals surface area (Å²) in [6.45, 7) is 8.91. The lowest BCUT2D eigenvalue weighted by atomic mass is 9.90. The molecule has 2 aromatic carbocycles. The van der Waals surface area contributed by atoms with Crippen LogP contribution in [0.3, 0.4) is 0 Å². The number of rotatable bonds is 16. The van der Waals surface area contributed by atoms with Gasteiger partial charge in [0.25, 0.3) is 5.91 Å². The van der Waals surface area contributed by atoms with Gasteiger partial charge in [-0.05, 0) is 145 Å². The molecule has 0 aliphatic heterocycles. The first-order valence-electron chi connectivity index (χ1n) is 18.1. The summed E-state index contributed by atoms with van der Waals surface area (Å²) in [6, 6.07) is 15.9. The monoisotopic (exact) mass is 674 g/mol. The molecule has 0 radical (unpaired) electrons. The van der Waals surface area contributed by atoms with Crippen LogP contribution >= 0.6 is 0 Å². The van der Waals surface area contributed by atoms with Crippen molar-refractivity contribution >= 4 is 17.4 Å². The fourth-order valence-electron chi connectivity index (χ4n) is 6.70. The molecule has 0 unspecified atom stereocenters. The van der Waals surface area contributed by atoms with Crippen molar-refractivity contribution in [2.75, 3.05) is 18.5 Å². The van der Waals surface area contributed by atoms with Gasteiger partial charge < -0.3 is 20.8 Å². The lowest BCUT2D eigenvalue weighted by Gasteiger charge is -2.17. The molecule has 2 saturated carbocycles. The zero-order valence-electron chi connectivity index (χ0n) is 29.8. The fourth-order valence-corrected chi connectivity index (χ4v) is 6.70. The van der Waals surface area contributed by atoms with Gasteiger partial charge in [-0.25, -0.2) is 0 Å². The van der Waals surface area contributed by atoms with Crippen molar-refractivity contribution in [1.82, 2.24) is 15.3 Å². The van der Waals surface area contributed by atoms with E-state index < -0.39 is 0 Å². The molecule has 0 bridgehead atoms. The van der Waals surface area contributed by atoms with Gasteiger partial charge in [0.15, 0.2) is 5.78 Å². The molecule has 2 aromatic heterocycles. The highest BCUT2D eigenvalue weighted by Crippen LogP contribution is 2.43. The number of ketones is 1. The van der Waals surface area contributed by atoms with E-state index in [1.165, 1.54) is 16.7 Å². The maximum atomic E-state index is 13.6. The maximum Gasteiger partial charge on any atom is 0.274 e. The third kappa shape index (κ3) is 8.37. The van der Waals surface area contributed by atoms with Crippen LogP contribution in [0.15, 0.2) is 60.9 Å². The number of aryl methyl sites for hydroxylation is 1. The van der Waals surface area contributed by atoms with E-state index in [1.807, 2.05) is 69.6 Å². The van der Waals surface area contributed by atoms with Gasteiger partial charge >= 0.3 is 0 Å². The van der Waals surface area contributed by atoms with Crippen LogP contribution in [0, 0.1) is 19.8 Å². The molecule has 4 aromatic rings. The Bertz CT molecular complexity index is 1730. The number of carbonyl (C=O) groups excluding carboxylic acids is 2. The molecular weight excluding hydrogens is 624 g/mol. The van der Waals surface area contributed by atoms with E-state index in [2.05, 4.69) is 39.7 Å². The predicted molar refractivity (Wildman–Crippen MR) is 198 cm³/mol. The summed E-state index contributed by atoms with van der Waals surface area (Å²) in [5.74, 6) is 0.931. The number of hydrogen-bond acceptors (Lipinski definition) is 7. The minimum Gasteiger partial charge on any atom is -0.396 e. The van der Waals surface area contributed by atoms with Crippen molar-refractivity contribution in [3.63, 3.8) is 0 Å². The number of aliphatic hydroxyl groups excluding tert-OH is 2. The minimum atomic E-state index is -0.235. The summed E-state index contributed by atoms with van der Waals surface area (Å²) in [7, 11) is 0. The van der Waals surface area contributed by atoms with Crippen molar-refractivity contribution in [3.05, 3.63) is 111 Å². The van der Waals surface area contributed by atoms with Crippen LogP contribution < -0.4 is 10.6 Å². The third-order valence-corrected chi connectivity index (χ3v) is 10.4. The molecule has 2 heterocycles. The molecule has 8 nitrogen and oxygen atoms in total. The van der Waals surface area contributed by atoms with Crippen molar-refractivity contribution in [3.8, 4) is 11.1 Å². The number of benzene rings is 2. The van der Waals surface area contributed by atoms with Crippen molar-refractivity contribution in [1.29, 1.82) is 0 Å². The SMILES string of the molecule is Cc1c(CC(=O)c2cc(C3CC3)c(CN[C@H](C)CO)cn2)cccc1-c1cccc(NC(=O)c2cc(C3CC3)c(CC[C@H](C)CO)cn2)c1C. The second-order valence-corrected chi connectivity index (χ2v) is 14.5. The van der Waals surface area contributed by atoms with Crippen molar-refractivity contribution < 1.29 is 19.8 Å². The molecule has 0 saturated heterocycles. The summed E-state index contributed by atoms with van der Waals surface area (Å²) in [5.41, 5.74) is 11.2. The van der Waals surface area contributed by atoms with Gasteiger partial charge in [0, 0.05) is 43.7 Å². The number of aromatic nitrogens is 2. The Labute approximate surface area is 295 Å². The zero-order chi connectivity index (χ0) is 35.4. The molecule has 8 heteroatoms. The molecule has 4 N–H and O–H groups in total. The van der Waals surface area contributed by atoms with Gasteiger partial charge in [0.1, 0.15) is 11.4 Å². The topological polar surface area (TPSA) is 124 Å². The van der Waals surface area contributed by atoms with Gasteiger partial charge in [-0.15, -0.1) is 0 Å². The van der Waals surface area contributed by atoms with Gasteiger partial charge in [-0.3, -0.25) is 19.6 Å². The summed E-state index contributed by atoms with van der Waals surface area (Å²) < 4.78 is 0. The first kappa shape index (κ1) is 35.6. The number of amides is 1. The molecule has 2 aliphatic carbocycles. The average molecular weight is 675 g/mol. The largest absolute Gasteiger partial charge is 0.396 e. The van der Waals surface area contributed by atoms with Crippen LogP contribution in [-0.4, -0.2) is 51.1 Å². The zero-order valence-corrected chi connectivity index (χ0v) is 29.8. The van der Waals surface area contributed by atoms with Gasteiger partial charge in [0.05, 0.1) is 6.61 Å². The Hall–Kier alpha value is -4.24. The van der Waals surface area contributed by atoms with E-state index in [9.17, 15) is 19.8 Å². The Kier molecular flexibility index (Phi) is 11.2. The molecular formula is C42H50N4O4. The Morgan fingerprint density at radius 1 is 0.800 bits per heavy atom. The van der Waals surface area contributed by atoms with E-state index in [4.69, 9.17) is 0 Å². The minimum absolute atomic E-state index is 0.00792. The van der Waals surface area contributed by atoms with E-state index >= 15 is 0 Å². The van der Waals surface area contributed by atoms with Crippen LogP contribution in [0.1, 0.15) is 118 Å². The molecule has 50 heavy (non-hydrogen) atoms. The highest BCUT2D eigenvalue weighted by molar-refractivity contribution is 6.04. The number of aliphatic hydroxyl groups is 2. The smallest absolute Gasteiger partial charge is 0.274 e. The molecule has 2 aliphatic rings. The number of nitrogens with one attached hydrogen (secondary N) is 2. The van der Waals surface area contributed by atoms with E-state index in [1.54, 1.807) is 0 Å². The summed E-state index contributed by atoms with van der Waals surface area (Å²) >= 11 is 0. The number of Topliss-reactive ketones (excluding diaryl/α,β-unsaturated/α-hetero) is 1. The van der Waals surface area contributed by atoms with Crippen LogP contribution in [0.2, 0.25) is 0 Å². The number of nitrogens with zero attached hydrogens (tertiary/aromatic N) is 2. The van der Waals surface area contributed by atoms with Crippen LogP contribution in [-0.2, 0) is 19.4 Å². The third-order valence-electron chi connectivity index (χ3n) is 10.4.